The number of methoxy groups -OCH3 is 2. The maximum Gasteiger partial charge on any atom is 0.125 e. The second-order valence-corrected chi connectivity index (χ2v) is 5.43. The third-order valence-electron chi connectivity index (χ3n) is 4.07. The van der Waals surface area contributed by atoms with Crippen LogP contribution in [0.1, 0.15) is 25.3 Å². The molecular formula is C16H22N2O2. The SMILES string of the molecule is COc1ccc(CC(C)(C#N)N2CCCC2)c(OC)c1. The summed E-state index contributed by atoms with van der Waals surface area (Å²) >= 11 is 0. The van der Waals surface area contributed by atoms with Gasteiger partial charge in [-0.1, -0.05) is 6.07 Å². The Morgan fingerprint density at radius 1 is 1.25 bits per heavy atom. The fraction of sp³-hybridized carbons (Fsp3) is 0.562. The van der Waals surface area contributed by atoms with Gasteiger partial charge in [0.15, 0.2) is 0 Å². The smallest absolute Gasteiger partial charge is 0.125 e. The van der Waals surface area contributed by atoms with Gasteiger partial charge in [0.05, 0.1) is 20.3 Å². The van der Waals surface area contributed by atoms with E-state index in [2.05, 4.69) is 11.0 Å². The number of nitriles is 1. The number of likely N-dealkylation sites (tertiary alicyclic amines) is 1. The number of rotatable bonds is 5. The Morgan fingerprint density at radius 3 is 2.50 bits per heavy atom. The van der Waals surface area contributed by atoms with Crippen molar-refractivity contribution in [1.82, 2.24) is 4.90 Å². The van der Waals surface area contributed by atoms with E-state index in [1.54, 1.807) is 14.2 Å². The van der Waals surface area contributed by atoms with Crippen LogP contribution in [0.3, 0.4) is 0 Å². The molecule has 1 aromatic rings. The summed E-state index contributed by atoms with van der Waals surface area (Å²) in [6.45, 7) is 4.02. The Labute approximate surface area is 120 Å². The molecule has 1 aliphatic rings. The van der Waals surface area contributed by atoms with Crippen molar-refractivity contribution in [2.24, 2.45) is 0 Å². The molecular weight excluding hydrogens is 252 g/mol. The molecule has 0 amide bonds. The zero-order valence-corrected chi connectivity index (χ0v) is 12.5. The molecule has 1 aliphatic heterocycles. The first-order chi connectivity index (χ1) is 9.62. The van der Waals surface area contributed by atoms with Crippen molar-refractivity contribution in [3.8, 4) is 17.6 Å². The van der Waals surface area contributed by atoms with E-state index in [9.17, 15) is 5.26 Å². The van der Waals surface area contributed by atoms with Crippen LogP contribution in [0, 0.1) is 11.3 Å². The average molecular weight is 274 g/mol. The van der Waals surface area contributed by atoms with Crippen LogP contribution in [0.4, 0.5) is 0 Å². The quantitative estimate of drug-likeness (QED) is 0.828. The van der Waals surface area contributed by atoms with Gasteiger partial charge in [0, 0.05) is 12.5 Å². The highest BCUT2D eigenvalue weighted by atomic mass is 16.5. The highest BCUT2D eigenvalue weighted by Gasteiger charge is 2.34. The summed E-state index contributed by atoms with van der Waals surface area (Å²) in [6.07, 6.45) is 3.02. The molecule has 2 rings (SSSR count). The van der Waals surface area contributed by atoms with E-state index in [4.69, 9.17) is 9.47 Å². The van der Waals surface area contributed by atoms with Crippen molar-refractivity contribution < 1.29 is 9.47 Å². The van der Waals surface area contributed by atoms with Gasteiger partial charge in [-0.2, -0.15) is 5.26 Å². The minimum atomic E-state index is -0.474. The zero-order chi connectivity index (χ0) is 14.6. The van der Waals surface area contributed by atoms with Crippen LogP contribution in [-0.2, 0) is 6.42 Å². The van der Waals surface area contributed by atoms with Gasteiger partial charge in [-0.25, -0.2) is 0 Å². The Kier molecular flexibility index (Phi) is 4.51. The molecule has 0 saturated carbocycles. The fourth-order valence-electron chi connectivity index (χ4n) is 2.80. The summed E-state index contributed by atoms with van der Waals surface area (Å²) in [5, 5.41) is 9.61. The van der Waals surface area contributed by atoms with Crippen molar-refractivity contribution in [2.45, 2.75) is 31.7 Å². The maximum atomic E-state index is 9.61. The molecule has 1 heterocycles. The normalized spacial score (nSPS) is 18.3. The summed E-state index contributed by atoms with van der Waals surface area (Å²) < 4.78 is 10.6. The van der Waals surface area contributed by atoms with E-state index in [1.807, 2.05) is 25.1 Å². The molecule has 0 aliphatic carbocycles. The lowest BCUT2D eigenvalue weighted by Crippen LogP contribution is -2.45. The van der Waals surface area contributed by atoms with E-state index >= 15 is 0 Å². The van der Waals surface area contributed by atoms with Gasteiger partial charge in [-0.15, -0.1) is 0 Å². The Bertz CT molecular complexity index is 504. The van der Waals surface area contributed by atoms with Crippen LogP contribution in [0.15, 0.2) is 18.2 Å². The van der Waals surface area contributed by atoms with Gasteiger partial charge in [-0.05, 0) is 44.5 Å². The van der Waals surface area contributed by atoms with Crippen LogP contribution in [0.25, 0.3) is 0 Å². The molecule has 1 unspecified atom stereocenters. The van der Waals surface area contributed by atoms with E-state index in [1.165, 1.54) is 12.8 Å². The first-order valence-electron chi connectivity index (χ1n) is 7.00. The van der Waals surface area contributed by atoms with Gasteiger partial charge in [-0.3, -0.25) is 4.90 Å². The number of ether oxygens (including phenoxy) is 2. The minimum Gasteiger partial charge on any atom is -0.497 e. The lowest BCUT2D eigenvalue weighted by molar-refractivity contribution is 0.190. The monoisotopic (exact) mass is 274 g/mol. The molecule has 0 radical (unpaired) electrons. The van der Waals surface area contributed by atoms with Crippen LogP contribution in [0.5, 0.6) is 11.5 Å². The standard InChI is InChI=1S/C16H22N2O2/c1-16(12-17,18-8-4-5-9-18)11-13-6-7-14(19-2)10-15(13)20-3/h6-7,10H,4-5,8-9,11H2,1-3H3. The number of nitrogens with zero attached hydrogens (tertiary/aromatic N) is 2. The lowest BCUT2D eigenvalue weighted by atomic mass is 9.92. The number of benzene rings is 1. The van der Waals surface area contributed by atoms with E-state index in [0.29, 0.717) is 6.42 Å². The predicted octanol–water partition coefficient (Wildman–Crippen LogP) is 2.62. The van der Waals surface area contributed by atoms with Crippen molar-refractivity contribution in [3.63, 3.8) is 0 Å². The second-order valence-electron chi connectivity index (χ2n) is 5.43. The number of hydrogen-bond donors (Lipinski definition) is 0. The molecule has 0 spiro atoms. The molecule has 0 bridgehead atoms. The van der Waals surface area contributed by atoms with Gasteiger partial charge >= 0.3 is 0 Å². The fourth-order valence-corrected chi connectivity index (χ4v) is 2.80. The molecule has 4 heteroatoms. The molecule has 1 atom stereocenters. The molecule has 0 N–H and O–H groups in total. The highest BCUT2D eigenvalue weighted by molar-refractivity contribution is 5.42. The second kappa shape index (κ2) is 6.15. The highest BCUT2D eigenvalue weighted by Crippen LogP contribution is 2.31. The zero-order valence-electron chi connectivity index (χ0n) is 12.5. The van der Waals surface area contributed by atoms with Crippen molar-refractivity contribution in [1.29, 1.82) is 5.26 Å². The summed E-state index contributed by atoms with van der Waals surface area (Å²) in [4.78, 5) is 2.27. The molecule has 1 aromatic carbocycles. The molecule has 4 nitrogen and oxygen atoms in total. The first kappa shape index (κ1) is 14.7. The number of hydrogen-bond acceptors (Lipinski definition) is 4. The first-order valence-corrected chi connectivity index (χ1v) is 7.00. The summed E-state index contributed by atoms with van der Waals surface area (Å²) in [6, 6.07) is 8.27. The molecule has 1 saturated heterocycles. The summed E-state index contributed by atoms with van der Waals surface area (Å²) in [5.74, 6) is 1.55. The van der Waals surface area contributed by atoms with Gasteiger partial charge in [0.2, 0.25) is 0 Å². The molecule has 108 valence electrons. The third-order valence-corrected chi connectivity index (χ3v) is 4.07. The topological polar surface area (TPSA) is 45.5 Å². The Balaban J connectivity index is 2.25. The van der Waals surface area contributed by atoms with Crippen LogP contribution < -0.4 is 9.47 Å². The molecule has 1 fully saturated rings. The summed E-state index contributed by atoms with van der Waals surface area (Å²) in [7, 11) is 3.29. The molecule has 0 aromatic heterocycles. The molecule has 20 heavy (non-hydrogen) atoms. The van der Waals surface area contributed by atoms with Crippen molar-refractivity contribution >= 4 is 0 Å². The van der Waals surface area contributed by atoms with Crippen LogP contribution in [-0.4, -0.2) is 37.7 Å². The maximum absolute atomic E-state index is 9.61. The van der Waals surface area contributed by atoms with E-state index < -0.39 is 5.54 Å². The van der Waals surface area contributed by atoms with Crippen molar-refractivity contribution in [2.75, 3.05) is 27.3 Å². The van der Waals surface area contributed by atoms with Gasteiger partial charge in [0.25, 0.3) is 0 Å². The minimum absolute atomic E-state index is 0.474. The van der Waals surface area contributed by atoms with Crippen molar-refractivity contribution in [3.05, 3.63) is 23.8 Å². The van der Waals surface area contributed by atoms with E-state index in [0.717, 1.165) is 30.2 Å². The third kappa shape index (κ3) is 2.88. The summed E-state index contributed by atoms with van der Waals surface area (Å²) in [5.41, 5.74) is 0.572. The average Bonchev–Trinajstić information content (AvgIpc) is 3.02. The van der Waals surface area contributed by atoms with E-state index in [-0.39, 0.29) is 0 Å². The van der Waals surface area contributed by atoms with Crippen LogP contribution >= 0.6 is 0 Å². The van der Waals surface area contributed by atoms with Gasteiger partial charge in [0.1, 0.15) is 17.0 Å². The predicted molar refractivity (Wildman–Crippen MR) is 78.1 cm³/mol. The Hall–Kier alpha value is -1.73. The Morgan fingerprint density at radius 2 is 1.95 bits per heavy atom. The lowest BCUT2D eigenvalue weighted by Gasteiger charge is -2.33. The van der Waals surface area contributed by atoms with Crippen LogP contribution in [0.2, 0.25) is 0 Å². The van der Waals surface area contributed by atoms with Gasteiger partial charge < -0.3 is 9.47 Å². The largest absolute Gasteiger partial charge is 0.497 e.